The number of rotatable bonds is 4. The Morgan fingerprint density at radius 1 is 1.37 bits per heavy atom. The quantitative estimate of drug-likeness (QED) is 0.782. The number of carbonyl (C=O) groups excluding carboxylic acids is 1. The summed E-state index contributed by atoms with van der Waals surface area (Å²) in [6.07, 6.45) is 0. The maximum absolute atomic E-state index is 10.8. The number of halogens is 1. The average molecular weight is 340 g/mol. The molecule has 0 aliphatic rings. The van der Waals surface area contributed by atoms with Crippen molar-refractivity contribution in [3.8, 4) is 0 Å². The van der Waals surface area contributed by atoms with Crippen LogP contribution in [-0.2, 0) is 0 Å². The molecule has 1 atom stereocenters. The van der Waals surface area contributed by atoms with Crippen molar-refractivity contribution in [2.24, 2.45) is 5.73 Å². The van der Waals surface area contributed by atoms with Crippen molar-refractivity contribution in [3.63, 3.8) is 0 Å². The van der Waals surface area contributed by atoms with Gasteiger partial charge in [-0.15, -0.1) is 11.3 Å². The SMILES string of the molecule is CC(Nc1cccc(NC(N)=O)c1)c1sccc1Br. The zero-order valence-electron chi connectivity index (χ0n) is 10.3. The summed E-state index contributed by atoms with van der Waals surface area (Å²) < 4.78 is 1.10. The predicted octanol–water partition coefficient (Wildman–Crippen LogP) is 4.17. The van der Waals surface area contributed by atoms with Crippen molar-refractivity contribution in [1.29, 1.82) is 0 Å². The Kier molecular flexibility index (Phi) is 4.44. The lowest BCUT2D eigenvalue weighted by molar-refractivity contribution is 0.259. The topological polar surface area (TPSA) is 67.2 Å². The summed E-state index contributed by atoms with van der Waals surface area (Å²) in [5.41, 5.74) is 6.70. The van der Waals surface area contributed by atoms with Crippen LogP contribution in [0.1, 0.15) is 17.8 Å². The van der Waals surface area contributed by atoms with E-state index in [0.29, 0.717) is 5.69 Å². The van der Waals surface area contributed by atoms with Crippen LogP contribution in [0.5, 0.6) is 0 Å². The minimum absolute atomic E-state index is 0.179. The van der Waals surface area contributed by atoms with Crippen LogP contribution in [0.15, 0.2) is 40.2 Å². The summed E-state index contributed by atoms with van der Waals surface area (Å²) in [6.45, 7) is 2.09. The summed E-state index contributed by atoms with van der Waals surface area (Å²) in [5.74, 6) is 0. The molecule has 6 heteroatoms. The smallest absolute Gasteiger partial charge is 0.316 e. The molecule has 2 rings (SSSR count). The molecule has 0 spiro atoms. The Hall–Kier alpha value is -1.53. The van der Waals surface area contributed by atoms with Gasteiger partial charge < -0.3 is 16.4 Å². The van der Waals surface area contributed by atoms with Crippen molar-refractivity contribution in [2.45, 2.75) is 13.0 Å². The second kappa shape index (κ2) is 6.08. The van der Waals surface area contributed by atoms with Gasteiger partial charge in [0.25, 0.3) is 0 Å². The number of amides is 2. The van der Waals surface area contributed by atoms with E-state index in [9.17, 15) is 4.79 Å². The average Bonchev–Trinajstić information content (AvgIpc) is 2.75. The largest absolute Gasteiger partial charge is 0.378 e. The maximum atomic E-state index is 10.8. The summed E-state index contributed by atoms with van der Waals surface area (Å²) in [4.78, 5) is 12.0. The molecule has 1 unspecified atom stereocenters. The van der Waals surface area contributed by atoms with Crippen molar-refractivity contribution in [2.75, 3.05) is 10.6 Å². The molecule has 100 valence electrons. The number of benzene rings is 1. The normalized spacial score (nSPS) is 11.9. The lowest BCUT2D eigenvalue weighted by atomic mass is 10.2. The highest BCUT2D eigenvalue weighted by molar-refractivity contribution is 9.10. The molecule has 0 radical (unpaired) electrons. The van der Waals surface area contributed by atoms with Crippen LogP contribution < -0.4 is 16.4 Å². The number of anilines is 2. The van der Waals surface area contributed by atoms with Gasteiger partial charge in [-0.05, 0) is 52.5 Å². The first-order chi connectivity index (χ1) is 9.06. The first kappa shape index (κ1) is 13.9. The predicted molar refractivity (Wildman–Crippen MR) is 83.7 cm³/mol. The minimum atomic E-state index is -0.564. The Labute approximate surface area is 124 Å². The van der Waals surface area contributed by atoms with Crippen LogP contribution in [0.4, 0.5) is 16.2 Å². The number of primary amides is 1. The van der Waals surface area contributed by atoms with Crippen LogP contribution in [0, 0.1) is 0 Å². The summed E-state index contributed by atoms with van der Waals surface area (Å²) in [5, 5.41) is 7.99. The van der Waals surface area contributed by atoms with Gasteiger partial charge in [-0.1, -0.05) is 6.07 Å². The second-order valence-electron chi connectivity index (χ2n) is 4.07. The molecule has 4 nitrogen and oxygen atoms in total. The van der Waals surface area contributed by atoms with Gasteiger partial charge in [-0.2, -0.15) is 0 Å². The summed E-state index contributed by atoms with van der Waals surface area (Å²) >= 11 is 5.22. The van der Waals surface area contributed by atoms with Crippen molar-refractivity contribution in [3.05, 3.63) is 45.1 Å². The first-order valence-corrected chi connectivity index (χ1v) is 7.39. The molecule has 0 aliphatic carbocycles. The van der Waals surface area contributed by atoms with E-state index in [0.717, 1.165) is 10.2 Å². The number of carbonyl (C=O) groups is 1. The third kappa shape index (κ3) is 3.71. The molecule has 2 aromatic rings. The van der Waals surface area contributed by atoms with Crippen molar-refractivity contribution >= 4 is 44.7 Å². The van der Waals surface area contributed by atoms with Crippen LogP contribution in [0.25, 0.3) is 0 Å². The van der Waals surface area contributed by atoms with Crippen LogP contribution in [0.3, 0.4) is 0 Å². The lowest BCUT2D eigenvalue weighted by Crippen LogP contribution is -2.19. The van der Waals surface area contributed by atoms with Gasteiger partial charge in [0.1, 0.15) is 0 Å². The van der Waals surface area contributed by atoms with Gasteiger partial charge in [0.15, 0.2) is 0 Å². The fourth-order valence-corrected chi connectivity index (χ4v) is 3.48. The van der Waals surface area contributed by atoms with Crippen LogP contribution in [0.2, 0.25) is 0 Å². The Bertz CT molecular complexity index is 585. The molecule has 0 bridgehead atoms. The third-order valence-corrected chi connectivity index (χ3v) is 4.60. The molecule has 0 saturated carbocycles. The molecule has 1 aromatic heterocycles. The monoisotopic (exact) mass is 339 g/mol. The molecule has 1 heterocycles. The maximum Gasteiger partial charge on any atom is 0.316 e. The van der Waals surface area contributed by atoms with E-state index in [1.165, 1.54) is 4.88 Å². The second-order valence-corrected chi connectivity index (χ2v) is 5.87. The van der Waals surface area contributed by atoms with Gasteiger partial charge in [0.05, 0.1) is 6.04 Å². The Morgan fingerprint density at radius 2 is 2.11 bits per heavy atom. The number of urea groups is 1. The molecule has 2 amide bonds. The van der Waals surface area contributed by atoms with Crippen LogP contribution >= 0.6 is 27.3 Å². The fraction of sp³-hybridized carbons (Fsp3) is 0.154. The molecule has 0 saturated heterocycles. The molecule has 4 N–H and O–H groups in total. The van der Waals surface area contributed by atoms with E-state index in [4.69, 9.17) is 5.73 Å². The van der Waals surface area contributed by atoms with Crippen molar-refractivity contribution in [1.82, 2.24) is 0 Å². The zero-order chi connectivity index (χ0) is 13.8. The highest BCUT2D eigenvalue weighted by Crippen LogP contribution is 2.31. The Morgan fingerprint density at radius 3 is 2.74 bits per heavy atom. The van der Waals surface area contributed by atoms with Gasteiger partial charge in [0.2, 0.25) is 0 Å². The number of hydrogen-bond donors (Lipinski definition) is 3. The molecular weight excluding hydrogens is 326 g/mol. The van der Waals surface area contributed by atoms with Gasteiger partial charge in [-0.3, -0.25) is 0 Å². The minimum Gasteiger partial charge on any atom is -0.378 e. The van der Waals surface area contributed by atoms with Gasteiger partial charge >= 0.3 is 6.03 Å². The molecular formula is C13H14BrN3OS. The van der Waals surface area contributed by atoms with Crippen molar-refractivity contribution < 1.29 is 4.79 Å². The van der Waals surface area contributed by atoms with Crippen LogP contribution in [-0.4, -0.2) is 6.03 Å². The molecule has 0 aliphatic heterocycles. The standard InChI is InChI=1S/C13H14BrN3OS/c1-8(12-11(14)5-6-19-12)16-9-3-2-4-10(7-9)17-13(15)18/h2-8,16H,1H3,(H3,15,17,18). The third-order valence-electron chi connectivity index (χ3n) is 2.55. The molecule has 0 fully saturated rings. The van der Waals surface area contributed by atoms with Gasteiger partial charge in [-0.25, -0.2) is 4.79 Å². The van der Waals surface area contributed by atoms with E-state index in [2.05, 4.69) is 33.5 Å². The summed E-state index contributed by atoms with van der Waals surface area (Å²) in [6, 6.07) is 9.10. The highest BCUT2D eigenvalue weighted by Gasteiger charge is 2.10. The fourth-order valence-electron chi connectivity index (χ4n) is 1.76. The number of nitrogens with one attached hydrogen (secondary N) is 2. The molecule has 1 aromatic carbocycles. The lowest BCUT2D eigenvalue weighted by Gasteiger charge is -2.15. The zero-order valence-corrected chi connectivity index (χ0v) is 12.7. The number of nitrogens with two attached hydrogens (primary N) is 1. The van der Waals surface area contributed by atoms with E-state index < -0.39 is 6.03 Å². The van der Waals surface area contributed by atoms with Gasteiger partial charge in [0, 0.05) is 20.7 Å². The molecule has 19 heavy (non-hydrogen) atoms. The number of hydrogen-bond acceptors (Lipinski definition) is 3. The van der Waals surface area contributed by atoms with E-state index in [-0.39, 0.29) is 6.04 Å². The highest BCUT2D eigenvalue weighted by atomic mass is 79.9. The summed E-state index contributed by atoms with van der Waals surface area (Å²) in [7, 11) is 0. The van der Waals surface area contributed by atoms with E-state index in [1.54, 1.807) is 17.4 Å². The number of thiophene rings is 1. The first-order valence-electron chi connectivity index (χ1n) is 5.72. The van der Waals surface area contributed by atoms with E-state index >= 15 is 0 Å². The van der Waals surface area contributed by atoms with E-state index in [1.807, 2.05) is 29.6 Å². The Balaban J connectivity index is 2.11.